The normalized spacial score (nSPS) is 11.3. The maximum Gasteiger partial charge on any atom is 0.0640 e. The molecule has 0 unspecified atom stereocenters. The molecule has 0 atom stereocenters. The molecule has 1 aromatic heterocycles. The molecule has 226 valence electrons. The second-order valence-electron chi connectivity index (χ2n) is 12.1. The summed E-state index contributed by atoms with van der Waals surface area (Å²) in [5, 5.41) is 5.11. The fourth-order valence-electron chi connectivity index (χ4n) is 7.00. The topological polar surface area (TPSA) is 3.24 Å². The van der Waals surface area contributed by atoms with E-state index in [0.29, 0.717) is 0 Å². The first kappa shape index (κ1) is 28.3. The van der Waals surface area contributed by atoms with E-state index in [1.54, 1.807) is 0 Å². The van der Waals surface area contributed by atoms with Gasteiger partial charge in [0.2, 0.25) is 0 Å². The van der Waals surface area contributed by atoms with Crippen LogP contribution in [0.4, 0.5) is 17.1 Å². The molecule has 0 saturated carbocycles. The molecule has 0 amide bonds. The summed E-state index contributed by atoms with van der Waals surface area (Å²) in [6.07, 6.45) is 0. The average molecular weight is 630 g/mol. The van der Waals surface area contributed by atoms with Crippen molar-refractivity contribution in [3.05, 3.63) is 188 Å². The fraction of sp³-hybridized carbons (Fsp3) is 0. The van der Waals surface area contributed by atoms with Crippen molar-refractivity contribution in [3.63, 3.8) is 0 Å². The number of hydrogen-bond donors (Lipinski definition) is 0. The van der Waals surface area contributed by atoms with E-state index < -0.39 is 0 Å². The van der Waals surface area contributed by atoms with Crippen LogP contribution >= 0.6 is 11.3 Å². The number of thiophene rings is 1. The number of nitrogens with zero attached hydrogens (tertiary/aromatic N) is 1. The summed E-state index contributed by atoms with van der Waals surface area (Å²) in [7, 11) is 0. The van der Waals surface area contributed by atoms with Crippen molar-refractivity contribution in [3.8, 4) is 33.4 Å². The van der Waals surface area contributed by atoms with Gasteiger partial charge in [-0.25, -0.2) is 0 Å². The molecule has 0 aliphatic heterocycles. The zero-order valence-corrected chi connectivity index (χ0v) is 27.1. The van der Waals surface area contributed by atoms with E-state index in [9.17, 15) is 0 Å². The minimum atomic E-state index is 1.12. The molecule has 0 N–H and O–H groups in total. The third-order valence-electron chi connectivity index (χ3n) is 9.28. The summed E-state index contributed by atoms with van der Waals surface area (Å²) in [6.45, 7) is 0. The van der Waals surface area contributed by atoms with E-state index in [1.807, 2.05) is 11.3 Å². The smallest absolute Gasteiger partial charge is 0.0640 e. The Bertz CT molecular complexity index is 2540. The van der Waals surface area contributed by atoms with Crippen LogP contribution in [0.5, 0.6) is 0 Å². The molecule has 48 heavy (non-hydrogen) atoms. The monoisotopic (exact) mass is 629 g/mol. The molecule has 9 aromatic rings. The molecule has 0 fully saturated rings. The van der Waals surface area contributed by atoms with Crippen LogP contribution < -0.4 is 4.90 Å². The molecule has 0 saturated heterocycles. The number of rotatable bonds is 6. The van der Waals surface area contributed by atoms with Crippen LogP contribution in [0, 0.1) is 0 Å². The van der Waals surface area contributed by atoms with Crippen molar-refractivity contribution in [2.45, 2.75) is 0 Å². The summed E-state index contributed by atoms with van der Waals surface area (Å²) < 4.78 is 2.58. The summed E-state index contributed by atoms with van der Waals surface area (Å²) in [6, 6.07) is 68.1. The highest BCUT2D eigenvalue weighted by atomic mass is 32.1. The minimum Gasteiger partial charge on any atom is -0.309 e. The van der Waals surface area contributed by atoms with Crippen LogP contribution in [0.2, 0.25) is 0 Å². The molecule has 0 bridgehead atoms. The molecular formula is C46H31NS. The van der Waals surface area contributed by atoms with Gasteiger partial charge in [-0.05, 0) is 80.6 Å². The van der Waals surface area contributed by atoms with Crippen molar-refractivity contribution in [1.82, 2.24) is 0 Å². The Kier molecular flexibility index (Phi) is 7.07. The standard InChI is InChI=1S/C46H31NS/c1-3-13-32(14-4-1)40-30-29-37(31-43(40)34-15-5-2-6-16-34)47(44-23-12-22-42-41-20-9-10-24-45(41)48-46(42)44)36-27-25-35(26-28-36)39-21-11-18-33-17-7-8-19-38(33)39/h1-31H. The lowest BCUT2D eigenvalue weighted by Gasteiger charge is -2.27. The van der Waals surface area contributed by atoms with Gasteiger partial charge in [0.15, 0.2) is 0 Å². The Morgan fingerprint density at radius 2 is 0.938 bits per heavy atom. The number of anilines is 3. The van der Waals surface area contributed by atoms with Gasteiger partial charge in [-0.2, -0.15) is 0 Å². The Morgan fingerprint density at radius 3 is 1.73 bits per heavy atom. The molecule has 2 heteroatoms. The van der Waals surface area contributed by atoms with Gasteiger partial charge in [-0.1, -0.05) is 152 Å². The van der Waals surface area contributed by atoms with Crippen molar-refractivity contribution in [2.75, 3.05) is 4.90 Å². The molecule has 1 nitrogen and oxygen atoms in total. The van der Waals surface area contributed by atoms with E-state index in [1.165, 1.54) is 70.0 Å². The average Bonchev–Trinajstić information content (AvgIpc) is 3.55. The Hall–Kier alpha value is -5.96. The van der Waals surface area contributed by atoms with Gasteiger partial charge in [0.05, 0.1) is 10.4 Å². The molecule has 9 rings (SSSR count). The van der Waals surface area contributed by atoms with Gasteiger partial charge in [-0.15, -0.1) is 11.3 Å². The summed E-state index contributed by atoms with van der Waals surface area (Å²) in [5.41, 5.74) is 10.7. The van der Waals surface area contributed by atoms with Crippen LogP contribution in [0.15, 0.2) is 188 Å². The largest absolute Gasteiger partial charge is 0.309 e. The molecular weight excluding hydrogens is 599 g/mol. The lowest BCUT2D eigenvalue weighted by atomic mass is 9.93. The van der Waals surface area contributed by atoms with Crippen molar-refractivity contribution >= 4 is 59.3 Å². The van der Waals surface area contributed by atoms with E-state index in [0.717, 1.165) is 11.4 Å². The third kappa shape index (κ3) is 4.95. The van der Waals surface area contributed by atoms with Crippen molar-refractivity contribution in [2.24, 2.45) is 0 Å². The van der Waals surface area contributed by atoms with E-state index in [4.69, 9.17) is 0 Å². The van der Waals surface area contributed by atoms with Crippen LogP contribution in [0.25, 0.3) is 64.3 Å². The van der Waals surface area contributed by atoms with Crippen LogP contribution in [0.1, 0.15) is 0 Å². The van der Waals surface area contributed by atoms with Crippen LogP contribution in [-0.4, -0.2) is 0 Å². The fourth-order valence-corrected chi connectivity index (χ4v) is 8.21. The summed E-state index contributed by atoms with van der Waals surface area (Å²) in [5.74, 6) is 0. The van der Waals surface area contributed by atoms with E-state index in [2.05, 4.69) is 193 Å². The maximum absolute atomic E-state index is 2.44. The van der Waals surface area contributed by atoms with E-state index in [-0.39, 0.29) is 0 Å². The third-order valence-corrected chi connectivity index (χ3v) is 10.5. The lowest BCUT2D eigenvalue weighted by molar-refractivity contribution is 1.30. The quantitative estimate of drug-likeness (QED) is 0.177. The van der Waals surface area contributed by atoms with Gasteiger partial charge in [0.1, 0.15) is 0 Å². The number of benzene rings is 8. The zero-order valence-electron chi connectivity index (χ0n) is 26.3. The predicted octanol–water partition coefficient (Wildman–Crippen LogP) is 13.7. The first-order valence-electron chi connectivity index (χ1n) is 16.4. The SMILES string of the molecule is c1ccc(-c2ccc(N(c3ccc(-c4cccc5ccccc45)cc3)c3cccc4c3sc3ccccc34)cc2-c2ccccc2)cc1. The molecule has 0 aliphatic rings. The lowest BCUT2D eigenvalue weighted by Crippen LogP contribution is -2.10. The van der Waals surface area contributed by atoms with Crippen molar-refractivity contribution < 1.29 is 0 Å². The highest BCUT2D eigenvalue weighted by Crippen LogP contribution is 2.46. The van der Waals surface area contributed by atoms with E-state index >= 15 is 0 Å². The Morgan fingerprint density at radius 1 is 0.354 bits per heavy atom. The molecule has 0 spiro atoms. The second-order valence-corrected chi connectivity index (χ2v) is 13.2. The highest BCUT2D eigenvalue weighted by molar-refractivity contribution is 7.26. The van der Waals surface area contributed by atoms with Gasteiger partial charge < -0.3 is 4.90 Å². The van der Waals surface area contributed by atoms with Gasteiger partial charge in [0, 0.05) is 26.8 Å². The predicted molar refractivity (Wildman–Crippen MR) is 208 cm³/mol. The minimum absolute atomic E-state index is 1.12. The zero-order chi connectivity index (χ0) is 31.9. The second kappa shape index (κ2) is 12.0. The summed E-state index contributed by atoms with van der Waals surface area (Å²) >= 11 is 1.87. The van der Waals surface area contributed by atoms with Gasteiger partial charge in [-0.3, -0.25) is 0 Å². The highest BCUT2D eigenvalue weighted by Gasteiger charge is 2.20. The maximum atomic E-state index is 2.44. The van der Waals surface area contributed by atoms with Gasteiger partial charge in [0.25, 0.3) is 0 Å². The molecule has 0 radical (unpaired) electrons. The number of hydrogen-bond acceptors (Lipinski definition) is 2. The van der Waals surface area contributed by atoms with Crippen molar-refractivity contribution in [1.29, 1.82) is 0 Å². The molecule has 1 heterocycles. The Balaban J connectivity index is 1.26. The first-order valence-corrected chi connectivity index (χ1v) is 17.2. The van der Waals surface area contributed by atoms with Gasteiger partial charge >= 0.3 is 0 Å². The molecule has 8 aromatic carbocycles. The van der Waals surface area contributed by atoms with Crippen LogP contribution in [0.3, 0.4) is 0 Å². The number of fused-ring (bicyclic) bond motifs is 4. The van der Waals surface area contributed by atoms with Crippen LogP contribution in [-0.2, 0) is 0 Å². The molecule has 0 aliphatic carbocycles. The summed E-state index contributed by atoms with van der Waals surface area (Å²) in [4.78, 5) is 2.44. The first-order chi connectivity index (χ1) is 23.8. The Labute approximate surface area is 284 Å².